The number of hydrogen-bond acceptors (Lipinski definition) is 6. The minimum absolute atomic E-state index is 0.0489. The van der Waals surface area contributed by atoms with Crippen LogP contribution in [0.15, 0.2) is 48.5 Å². The maximum atomic E-state index is 13.0. The molecule has 1 amide bonds. The Labute approximate surface area is 162 Å². The molecule has 1 aliphatic rings. The highest BCUT2D eigenvalue weighted by Crippen LogP contribution is 2.26. The SMILES string of the molecule is Nc1ccc([N+](=O)[O-])cc1C(=O)O[C@H](C(=O)N1CCCCC1)c1ccccc1. The summed E-state index contributed by atoms with van der Waals surface area (Å²) >= 11 is 0. The van der Waals surface area contributed by atoms with Crippen LogP contribution in [0.1, 0.15) is 41.3 Å². The van der Waals surface area contributed by atoms with Crippen LogP contribution in [0.2, 0.25) is 0 Å². The summed E-state index contributed by atoms with van der Waals surface area (Å²) < 4.78 is 5.52. The van der Waals surface area contributed by atoms with Crippen molar-refractivity contribution in [2.45, 2.75) is 25.4 Å². The average molecular weight is 383 g/mol. The summed E-state index contributed by atoms with van der Waals surface area (Å²) in [4.78, 5) is 37.8. The van der Waals surface area contributed by atoms with Crippen LogP contribution in [0.4, 0.5) is 11.4 Å². The van der Waals surface area contributed by atoms with Gasteiger partial charge in [-0.15, -0.1) is 0 Å². The Morgan fingerprint density at radius 3 is 2.39 bits per heavy atom. The summed E-state index contributed by atoms with van der Waals surface area (Å²) in [6, 6.07) is 12.3. The smallest absolute Gasteiger partial charge is 0.341 e. The number of benzene rings is 2. The zero-order valence-electron chi connectivity index (χ0n) is 15.2. The summed E-state index contributed by atoms with van der Waals surface area (Å²) in [5.41, 5.74) is 5.98. The van der Waals surface area contributed by atoms with Crippen LogP contribution in [0.3, 0.4) is 0 Å². The van der Waals surface area contributed by atoms with Gasteiger partial charge in [-0.1, -0.05) is 30.3 Å². The second kappa shape index (κ2) is 8.51. The molecule has 0 bridgehead atoms. The van der Waals surface area contributed by atoms with Crippen LogP contribution in [-0.2, 0) is 9.53 Å². The van der Waals surface area contributed by atoms with Gasteiger partial charge in [0.05, 0.1) is 10.5 Å². The summed E-state index contributed by atoms with van der Waals surface area (Å²) in [5, 5.41) is 11.0. The molecular weight excluding hydrogens is 362 g/mol. The van der Waals surface area contributed by atoms with E-state index in [0.717, 1.165) is 25.3 Å². The normalized spacial score (nSPS) is 14.9. The van der Waals surface area contributed by atoms with Gasteiger partial charge in [-0.3, -0.25) is 14.9 Å². The van der Waals surface area contributed by atoms with E-state index in [-0.39, 0.29) is 22.8 Å². The third kappa shape index (κ3) is 4.28. The van der Waals surface area contributed by atoms with Crippen molar-refractivity contribution in [1.29, 1.82) is 0 Å². The molecule has 0 aromatic heterocycles. The highest BCUT2D eigenvalue weighted by Gasteiger charge is 2.31. The van der Waals surface area contributed by atoms with Crippen LogP contribution in [-0.4, -0.2) is 34.8 Å². The van der Waals surface area contributed by atoms with Gasteiger partial charge in [-0.25, -0.2) is 4.79 Å². The first-order chi connectivity index (χ1) is 13.5. The van der Waals surface area contributed by atoms with Gasteiger partial charge in [0.1, 0.15) is 0 Å². The standard InChI is InChI=1S/C20H21N3O5/c21-17-10-9-15(23(26)27)13-16(17)20(25)28-18(14-7-3-1-4-8-14)19(24)22-11-5-2-6-12-22/h1,3-4,7-10,13,18H,2,5-6,11-12,21H2/t18-/m0/s1. The number of nitro benzene ring substituents is 1. The lowest BCUT2D eigenvalue weighted by Gasteiger charge is -2.30. The highest BCUT2D eigenvalue weighted by atomic mass is 16.6. The Balaban J connectivity index is 1.89. The molecule has 1 atom stereocenters. The number of nitrogen functional groups attached to an aromatic ring is 1. The van der Waals surface area contributed by atoms with Crippen LogP contribution >= 0.6 is 0 Å². The van der Waals surface area contributed by atoms with E-state index in [2.05, 4.69) is 0 Å². The van der Waals surface area contributed by atoms with Gasteiger partial charge < -0.3 is 15.4 Å². The second-order valence-electron chi connectivity index (χ2n) is 6.61. The molecule has 0 aliphatic carbocycles. The molecule has 0 spiro atoms. The second-order valence-corrected chi connectivity index (χ2v) is 6.61. The zero-order chi connectivity index (χ0) is 20.1. The van der Waals surface area contributed by atoms with Gasteiger partial charge in [0.2, 0.25) is 6.10 Å². The third-order valence-corrected chi connectivity index (χ3v) is 4.69. The summed E-state index contributed by atoms with van der Waals surface area (Å²) in [7, 11) is 0. The number of amides is 1. The predicted octanol–water partition coefficient (Wildman–Crippen LogP) is 3.09. The summed E-state index contributed by atoms with van der Waals surface area (Å²) in [6.45, 7) is 1.22. The largest absolute Gasteiger partial charge is 0.444 e. The van der Waals surface area contributed by atoms with Crippen molar-refractivity contribution >= 4 is 23.3 Å². The Morgan fingerprint density at radius 1 is 1.07 bits per heavy atom. The number of anilines is 1. The molecule has 2 aromatic carbocycles. The van der Waals surface area contributed by atoms with Crippen molar-refractivity contribution < 1.29 is 19.2 Å². The monoisotopic (exact) mass is 383 g/mol. The van der Waals surface area contributed by atoms with E-state index in [0.29, 0.717) is 18.7 Å². The predicted molar refractivity (Wildman–Crippen MR) is 103 cm³/mol. The van der Waals surface area contributed by atoms with Gasteiger partial charge in [0, 0.05) is 36.5 Å². The van der Waals surface area contributed by atoms with Crippen molar-refractivity contribution in [3.8, 4) is 0 Å². The first-order valence-electron chi connectivity index (χ1n) is 9.06. The highest BCUT2D eigenvalue weighted by molar-refractivity contribution is 5.97. The lowest BCUT2D eigenvalue weighted by atomic mass is 10.1. The zero-order valence-corrected chi connectivity index (χ0v) is 15.2. The molecule has 3 rings (SSSR count). The molecule has 2 N–H and O–H groups in total. The van der Waals surface area contributed by atoms with E-state index in [1.54, 1.807) is 35.2 Å². The number of nitrogens with two attached hydrogens (primary N) is 1. The molecule has 1 aliphatic heterocycles. The van der Waals surface area contributed by atoms with Crippen molar-refractivity contribution in [2.24, 2.45) is 0 Å². The maximum absolute atomic E-state index is 13.0. The number of nitro groups is 1. The Kier molecular flexibility index (Phi) is 5.88. The first-order valence-corrected chi connectivity index (χ1v) is 9.06. The lowest BCUT2D eigenvalue weighted by Crippen LogP contribution is -2.40. The molecule has 1 heterocycles. The van der Waals surface area contributed by atoms with Crippen molar-refractivity contribution in [3.05, 3.63) is 69.8 Å². The summed E-state index contributed by atoms with van der Waals surface area (Å²) in [6.07, 6.45) is 1.73. The average Bonchev–Trinajstić information content (AvgIpc) is 2.72. The number of piperidine rings is 1. The van der Waals surface area contributed by atoms with Gasteiger partial charge in [0.25, 0.3) is 11.6 Å². The Hall–Kier alpha value is -3.42. The molecule has 28 heavy (non-hydrogen) atoms. The summed E-state index contributed by atoms with van der Waals surface area (Å²) in [5.74, 6) is -1.18. The van der Waals surface area contributed by atoms with E-state index in [4.69, 9.17) is 10.5 Å². The fourth-order valence-electron chi connectivity index (χ4n) is 3.17. The van der Waals surface area contributed by atoms with Crippen molar-refractivity contribution in [2.75, 3.05) is 18.8 Å². The minimum Gasteiger partial charge on any atom is -0.444 e. The van der Waals surface area contributed by atoms with Crippen LogP contribution in [0, 0.1) is 10.1 Å². The topological polar surface area (TPSA) is 116 Å². The van der Waals surface area contributed by atoms with E-state index in [1.165, 1.54) is 12.1 Å². The van der Waals surface area contributed by atoms with E-state index >= 15 is 0 Å². The van der Waals surface area contributed by atoms with Crippen LogP contribution < -0.4 is 5.73 Å². The number of nitrogens with zero attached hydrogens (tertiary/aromatic N) is 2. The van der Waals surface area contributed by atoms with E-state index < -0.39 is 17.0 Å². The fourth-order valence-corrected chi connectivity index (χ4v) is 3.17. The van der Waals surface area contributed by atoms with E-state index in [1.807, 2.05) is 0 Å². The Bertz CT molecular complexity index is 879. The van der Waals surface area contributed by atoms with Crippen molar-refractivity contribution in [1.82, 2.24) is 4.90 Å². The number of rotatable bonds is 5. The fraction of sp³-hybridized carbons (Fsp3) is 0.300. The number of ether oxygens (including phenoxy) is 1. The van der Waals surface area contributed by atoms with Crippen molar-refractivity contribution in [3.63, 3.8) is 0 Å². The molecule has 146 valence electrons. The lowest BCUT2D eigenvalue weighted by molar-refractivity contribution is -0.384. The van der Waals surface area contributed by atoms with Crippen LogP contribution in [0.25, 0.3) is 0 Å². The number of non-ortho nitro benzene ring substituents is 1. The molecule has 1 fully saturated rings. The number of carbonyl (C=O) groups excluding carboxylic acids is 2. The molecule has 8 heteroatoms. The number of hydrogen-bond donors (Lipinski definition) is 1. The number of carbonyl (C=O) groups is 2. The molecule has 1 saturated heterocycles. The molecular formula is C20H21N3O5. The van der Waals surface area contributed by atoms with Crippen LogP contribution in [0.5, 0.6) is 0 Å². The molecule has 2 aromatic rings. The molecule has 0 saturated carbocycles. The van der Waals surface area contributed by atoms with Gasteiger partial charge in [-0.05, 0) is 25.3 Å². The van der Waals surface area contributed by atoms with Gasteiger partial charge in [-0.2, -0.15) is 0 Å². The first kappa shape index (κ1) is 19.3. The van der Waals surface area contributed by atoms with E-state index in [9.17, 15) is 19.7 Å². The minimum atomic E-state index is -1.13. The number of esters is 1. The molecule has 8 nitrogen and oxygen atoms in total. The van der Waals surface area contributed by atoms with Gasteiger partial charge >= 0.3 is 5.97 Å². The molecule has 0 unspecified atom stereocenters. The number of likely N-dealkylation sites (tertiary alicyclic amines) is 1. The molecule has 0 radical (unpaired) electrons. The maximum Gasteiger partial charge on any atom is 0.341 e. The Morgan fingerprint density at radius 2 is 1.75 bits per heavy atom. The van der Waals surface area contributed by atoms with Gasteiger partial charge in [0.15, 0.2) is 0 Å². The third-order valence-electron chi connectivity index (χ3n) is 4.69. The quantitative estimate of drug-likeness (QED) is 0.367.